The van der Waals surface area contributed by atoms with Crippen molar-refractivity contribution in [3.05, 3.63) is 69.8 Å². The number of benzene rings is 2. The molecule has 8 nitrogen and oxygen atoms in total. The maximum absolute atomic E-state index is 14.4. The number of amides is 4. The van der Waals surface area contributed by atoms with Gasteiger partial charge in [0, 0.05) is 16.9 Å². The number of carbonyl (C=O) groups excluding carboxylic acids is 5. The largest absolute Gasteiger partial charge is 0.463 e. The van der Waals surface area contributed by atoms with Gasteiger partial charge in [-0.3, -0.25) is 19.2 Å². The van der Waals surface area contributed by atoms with Crippen molar-refractivity contribution in [2.45, 2.75) is 48.5 Å². The number of carbonyl (C=O) groups is 5. The number of rotatable bonds is 4. The number of anilines is 2. The van der Waals surface area contributed by atoms with Crippen LogP contribution in [0.15, 0.2) is 47.5 Å². The minimum atomic E-state index is -1.42. The monoisotopic (exact) mass is 554 g/mol. The molecule has 7 rings (SSSR count). The Balaban J connectivity index is 1.57. The van der Waals surface area contributed by atoms with Crippen LogP contribution in [0, 0.1) is 62.7 Å². The Hall–Kier alpha value is -4.07. The van der Waals surface area contributed by atoms with Gasteiger partial charge in [0.1, 0.15) is 0 Å². The molecular weight excluding hydrogens is 520 g/mol. The van der Waals surface area contributed by atoms with E-state index in [0.717, 1.165) is 22.3 Å². The second kappa shape index (κ2) is 8.96. The van der Waals surface area contributed by atoms with Gasteiger partial charge in [0.25, 0.3) is 0 Å². The maximum Gasteiger partial charge on any atom is 0.334 e. The number of esters is 1. The van der Waals surface area contributed by atoms with E-state index in [1.807, 2.05) is 52.0 Å². The SMILES string of the molecule is CCOC(=O)C1=C(C)C2[C@@H]3C(=O)N(c4cc(C)ccc4C)C(=O)[C@H]3C1(C)[C@H]1C(=O)N(c3cc(C)ccc3C)C(=O)[C@@H]21. The van der Waals surface area contributed by atoms with Crippen molar-refractivity contribution < 1.29 is 28.7 Å². The molecule has 0 N–H and O–H groups in total. The summed E-state index contributed by atoms with van der Waals surface area (Å²) in [5.74, 6) is -6.79. The summed E-state index contributed by atoms with van der Waals surface area (Å²) in [6.07, 6.45) is 0. The van der Waals surface area contributed by atoms with Crippen molar-refractivity contribution >= 4 is 41.0 Å². The van der Waals surface area contributed by atoms with Crippen LogP contribution in [-0.4, -0.2) is 36.2 Å². The van der Waals surface area contributed by atoms with Gasteiger partial charge in [-0.15, -0.1) is 0 Å². The minimum absolute atomic E-state index is 0.113. The van der Waals surface area contributed by atoms with Gasteiger partial charge >= 0.3 is 5.97 Å². The van der Waals surface area contributed by atoms with E-state index in [1.54, 1.807) is 32.9 Å². The summed E-state index contributed by atoms with van der Waals surface area (Å²) < 4.78 is 5.47. The number of nitrogens with zero attached hydrogens (tertiary/aromatic N) is 2. The smallest absolute Gasteiger partial charge is 0.334 e. The molecule has 3 aliphatic carbocycles. The lowest BCUT2D eigenvalue weighted by molar-refractivity contribution is -0.155. The highest BCUT2D eigenvalue weighted by Crippen LogP contribution is 2.69. The first kappa shape index (κ1) is 27.1. The maximum atomic E-state index is 14.4. The van der Waals surface area contributed by atoms with E-state index in [9.17, 15) is 24.0 Å². The van der Waals surface area contributed by atoms with Gasteiger partial charge in [-0.2, -0.15) is 0 Å². The van der Waals surface area contributed by atoms with Crippen molar-refractivity contribution in [1.29, 1.82) is 0 Å². The Morgan fingerprint density at radius 1 is 0.732 bits per heavy atom. The van der Waals surface area contributed by atoms with Crippen molar-refractivity contribution in [2.75, 3.05) is 16.4 Å². The third-order valence-electron chi connectivity index (χ3n) is 9.89. The Labute approximate surface area is 239 Å². The topological polar surface area (TPSA) is 101 Å². The van der Waals surface area contributed by atoms with Crippen molar-refractivity contribution in [2.24, 2.45) is 35.0 Å². The highest BCUT2D eigenvalue weighted by Gasteiger charge is 2.77. The van der Waals surface area contributed by atoms with Crippen LogP contribution in [0.1, 0.15) is 43.0 Å². The molecule has 2 aromatic rings. The zero-order valence-electron chi connectivity index (χ0n) is 24.4. The number of hydrogen-bond donors (Lipinski definition) is 0. The van der Waals surface area contributed by atoms with Crippen LogP contribution >= 0.6 is 0 Å². The van der Waals surface area contributed by atoms with Crippen LogP contribution in [0.5, 0.6) is 0 Å². The Morgan fingerprint density at radius 3 is 1.59 bits per heavy atom. The third-order valence-corrected chi connectivity index (χ3v) is 9.89. The summed E-state index contributed by atoms with van der Waals surface area (Å²) >= 11 is 0. The van der Waals surface area contributed by atoms with Gasteiger partial charge in [-0.1, -0.05) is 36.8 Å². The summed E-state index contributed by atoms with van der Waals surface area (Å²) in [6, 6.07) is 11.2. The molecule has 5 aliphatic rings. The van der Waals surface area contributed by atoms with Crippen molar-refractivity contribution in [3.8, 4) is 0 Å². The number of aryl methyl sites for hydroxylation is 4. The lowest BCUT2D eigenvalue weighted by atomic mass is 9.43. The Bertz CT molecular complexity index is 1520. The molecule has 212 valence electrons. The fraction of sp³-hybridized carbons (Fsp3) is 0.424. The number of ether oxygens (including phenoxy) is 1. The van der Waals surface area contributed by atoms with Gasteiger partial charge in [0.15, 0.2) is 0 Å². The fourth-order valence-electron chi connectivity index (χ4n) is 8.20. The summed E-state index contributed by atoms with van der Waals surface area (Å²) in [7, 11) is 0. The first-order chi connectivity index (χ1) is 19.4. The summed E-state index contributed by atoms with van der Waals surface area (Å²) in [5, 5.41) is 0. The third kappa shape index (κ3) is 3.36. The van der Waals surface area contributed by atoms with Gasteiger partial charge in [0.05, 0.1) is 41.7 Å². The van der Waals surface area contributed by atoms with Gasteiger partial charge in [0.2, 0.25) is 23.6 Å². The van der Waals surface area contributed by atoms with Gasteiger partial charge < -0.3 is 4.74 Å². The van der Waals surface area contributed by atoms with E-state index in [0.29, 0.717) is 16.9 Å². The van der Waals surface area contributed by atoms with E-state index in [1.165, 1.54) is 9.80 Å². The van der Waals surface area contributed by atoms with E-state index < -0.39 is 64.6 Å². The highest BCUT2D eigenvalue weighted by atomic mass is 16.5. The van der Waals surface area contributed by atoms with Crippen LogP contribution in [0.3, 0.4) is 0 Å². The molecule has 2 unspecified atom stereocenters. The summed E-state index contributed by atoms with van der Waals surface area (Å²) in [4.78, 5) is 73.3. The van der Waals surface area contributed by atoms with Crippen LogP contribution in [0.2, 0.25) is 0 Å². The molecule has 4 amide bonds. The second-order valence-corrected chi connectivity index (χ2v) is 12.2. The van der Waals surface area contributed by atoms with Crippen LogP contribution < -0.4 is 9.80 Å². The number of imide groups is 2. The van der Waals surface area contributed by atoms with Crippen LogP contribution in [0.4, 0.5) is 11.4 Å². The Morgan fingerprint density at radius 2 is 1.17 bits per heavy atom. The summed E-state index contributed by atoms with van der Waals surface area (Å²) in [5.41, 5.74) is 3.68. The van der Waals surface area contributed by atoms with Crippen molar-refractivity contribution in [3.63, 3.8) is 0 Å². The molecule has 1 saturated carbocycles. The normalized spacial score (nSPS) is 30.4. The molecule has 2 heterocycles. The van der Waals surface area contributed by atoms with Gasteiger partial charge in [-0.05, 0) is 75.9 Å². The lowest BCUT2D eigenvalue weighted by Gasteiger charge is -2.55. The standard InChI is InChI=1S/C33H34N2O6/c1-8-41-32(40)25-19(6)22-23-26(30(38)34(28(23)36)20-13-15(2)9-11-17(20)4)33(25,7)27-24(22)29(37)35(31(27)39)21-14-16(3)10-12-18(21)5/h9-14,22-24,26-27H,8H2,1-7H3/t22?,23-,24-,26-,27+,33?/m0/s1. The van der Waals surface area contributed by atoms with E-state index in [4.69, 9.17) is 4.74 Å². The molecule has 0 aromatic heterocycles. The fourth-order valence-corrected chi connectivity index (χ4v) is 8.20. The lowest BCUT2D eigenvalue weighted by Crippen LogP contribution is -2.61. The first-order valence-corrected chi connectivity index (χ1v) is 14.1. The Kier molecular flexibility index (Phi) is 5.93. The van der Waals surface area contributed by atoms with Crippen molar-refractivity contribution in [1.82, 2.24) is 0 Å². The average molecular weight is 555 g/mol. The summed E-state index contributed by atoms with van der Waals surface area (Å²) in [6.45, 7) is 12.7. The highest BCUT2D eigenvalue weighted by molar-refractivity contribution is 6.28. The predicted octanol–water partition coefficient (Wildman–Crippen LogP) is 4.36. The number of hydrogen-bond acceptors (Lipinski definition) is 6. The molecular formula is C33H34N2O6. The predicted molar refractivity (Wildman–Crippen MR) is 152 cm³/mol. The molecule has 2 saturated heterocycles. The first-order valence-electron chi connectivity index (χ1n) is 14.1. The molecule has 0 spiro atoms. The molecule has 2 aromatic carbocycles. The van der Waals surface area contributed by atoms with E-state index in [-0.39, 0.29) is 12.2 Å². The average Bonchev–Trinajstić information content (AvgIpc) is 3.33. The van der Waals surface area contributed by atoms with Gasteiger partial charge in [-0.25, -0.2) is 14.6 Å². The molecule has 41 heavy (non-hydrogen) atoms. The molecule has 2 aliphatic heterocycles. The molecule has 6 atom stereocenters. The molecule has 3 fully saturated rings. The zero-order chi connectivity index (χ0) is 29.7. The quantitative estimate of drug-likeness (QED) is 0.411. The van der Waals surface area contributed by atoms with E-state index in [2.05, 4.69) is 0 Å². The van der Waals surface area contributed by atoms with E-state index >= 15 is 0 Å². The number of allylic oxidation sites excluding steroid dienone is 1. The van der Waals surface area contributed by atoms with Crippen LogP contribution in [-0.2, 0) is 28.7 Å². The van der Waals surface area contributed by atoms with Crippen LogP contribution in [0.25, 0.3) is 0 Å². The minimum Gasteiger partial charge on any atom is -0.463 e. The molecule has 2 bridgehead atoms. The molecule has 8 heteroatoms. The zero-order valence-corrected chi connectivity index (χ0v) is 24.4. The molecule has 0 radical (unpaired) electrons. The second-order valence-electron chi connectivity index (χ2n) is 12.2.